The number of rotatable bonds is 5. The monoisotopic (exact) mass is 324 g/mol. The molecular weight excluding hydrogens is 300 g/mol. The average Bonchev–Trinajstić information content (AvgIpc) is 2.54. The van der Waals surface area contributed by atoms with Crippen LogP contribution in [0.5, 0.6) is 0 Å². The maximum Gasteiger partial charge on any atom is 0.237 e. The molecule has 1 heterocycles. The van der Waals surface area contributed by atoms with Crippen LogP contribution >= 0.6 is 11.6 Å². The van der Waals surface area contributed by atoms with Crippen molar-refractivity contribution in [2.75, 3.05) is 20.2 Å². The van der Waals surface area contributed by atoms with E-state index in [9.17, 15) is 4.79 Å². The van der Waals surface area contributed by atoms with Gasteiger partial charge in [-0.1, -0.05) is 23.7 Å². The number of amides is 1. The number of carbonyl (C=O) groups is 1. The van der Waals surface area contributed by atoms with Crippen LogP contribution in [-0.2, 0) is 9.53 Å². The fourth-order valence-electron chi connectivity index (χ4n) is 2.84. The van der Waals surface area contributed by atoms with Gasteiger partial charge in [0.15, 0.2) is 0 Å². The number of hydrogen-bond acceptors (Lipinski definition) is 3. The van der Waals surface area contributed by atoms with E-state index >= 15 is 0 Å². The van der Waals surface area contributed by atoms with Gasteiger partial charge < -0.3 is 10.1 Å². The topological polar surface area (TPSA) is 41.6 Å². The Hall–Kier alpha value is -1.10. The van der Waals surface area contributed by atoms with E-state index in [-0.39, 0.29) is 24.1 Å². The zero-order valence-corrected chi connectivity index (χ0v) is 14.3. The first-order valence-corrected chi connectivity index (χ1v) is 8.21. The molecule has 2 rings (SSSR count). The molecule has 1 amide bonds. The number of ether oxygens (including phenoxy) is 1. The number of hydrogen-bond donors (Lipinski definition) is 1. The Kier molecular flexibility index (Phi) is 6.24. The molecule has 122 valence electrons. The van der Waals surface area contributed by atoms with Crippen LogP contribution in [0.3, 0.4) is 0 Å². The van der Waals surface area contributed by atoms with Crippen molar-refractivity contribution >= 4 is 17.5 Å². The first kappa shape index (κ1) is 17.3. The fraction of sp³-hybridized carbons (Fsp3) is 0.588. The molecule has 1 aromatic rings. The van der Waals surface area contributed by atoms with Gasteiger partial charge in [0.25, 0.3) is 0 Å². The van der Waals surface area contributed by atoms with Crippen LogP contribution in [0.25, 0.3) is 0 Å². The lowest BCUT2D eigenvalue weighted by Gasteiger charge is -2.35. The van der Waals surface area contributed by atoms with Gasteiger partial charge in [-0.05, 0) is 50.9 Å². The Morgan fingerprint density at radius 3 is 2.68 bits per heavy atom. The molecule has 0 radical (unpaired) electrons. The van der Waals surface area contributed by atoms with Crippen molar-refractivity contribution in [2.24, 2.45) is 0 Å². The minimum absolute atomic E-state index is 0.0322. The smallest absolute Gasteiger partial charge is 0.237 e. The molecule has 0 aliphatic carbocycles. The second-order valence-electron chi connectivity index (χ2n) is 5.95. The molecule has 3 atom stereocenters. The lowest BCUT2D eigenvalue weighted by atomic mass is 10.0. The lowest BCUT2D eigenvalue weighted by molar-refractivity contribution is -0.127. The van der Waals surface area contributed by atoms with Crippen molar-refractivity contribution in [3.63, 3.8) is 0 Å². The molecule has 0 saturated carbocycles. The standard InChI is InChI=1S/C17H25ClN2O2/c1-12(14-6-8-15(18)9-7-14)19-17(21)13(2)20-10-4-5-16(11-20)22-3/h6-9,12-13,16H,4-5,10-11H2,1-3H3,(H,19,21). The van der Waals surface area contributed by atoms with Gasteiger partial charge in [0.05, 0.1) is 18.2 Å². The third kappa shape index (κ3) is 4.45. The van der Waals surface area contributed by atoms with E-state index in [0.29, 0.717) is 5.02 Å². The molecule has 22 heavy (non-hydrogen) atoms. The van der Waals surface area contributed by atoms with E-state index < -0.39 is 0 Å². The molecule has 1 saturated heterocycles. The van der Waals surface area contributed by atoms with Crippen LogP contribution in [0, 0.1) is 0 Å². The number of piperidine rings is 1. The number of methoxy groups -OCH3 is 1. The highest BCUT2D eigenvalue weighted by atomic mass is 35.5. The van der Waals surface area contributed by atoms with E-state index in [1.165, 1.54) is 0 Å². The van der Waals surface area contributed by atoms with E-state index in [2.05, 4.69) is 10.2 Å². The molecule has 0 spiro atoms. The first-order valence-electron chi connectivity index (χ1n) is 7.84. The maximum absolute atomic E-state index is 12.5. The summed E-state index contributed by atoms with van der Waals surface area (Å²) < 4.78 is 5.43. The predicted octanol–water partition coefficient (Wildman–Crippen LogP) is 3.02. The molecule has 5 heteroatoms. The normalized spacial score (nSPS) is 22.1. The maximum atomic E-state index is 12.5. The molecule has 0 bridgehead atoms. The third-order valence-electron chi connectivity index (χ3n) is 4.40. The van der Waals surface area contributed by atoms with Crippen LogP contribution in [0.1, 0.15) is 38.3 Å². The Labute approximate surface area is 137 Å². The molecule has 1 aromatic carbocycles. The molecule has 1 aliphatic rings. The lowest BCUT2D eigenvalue weighted by Crippen LogP contribution is -2.50. The van der Waals surface area contributed by atoms with Gasteiger partial charge in [0.2, 0.25) is 5.91 Å². The minimum Gasteiger partial charge on any atom is -0.380 e. The summed E-state index contributed by atoms with van der Waals surface area (Å²) in [6, 6.07) is 7.40. The number of nitrogens with one attached hydrogen (secondary N) is 1. The molecular formula is C17H25ClN2O2. The number of benzene rings is 1. The number of halogens is 1. The van der Waals surface area contributed by atoms with Crippen molar-refractivity contribution < 1.29 is 9.53 Å². The quantitative estimate of drug-likeness (QED) is 0.905. The number of carbonyl (C=O) groups excluding carboxylic acids is 1. The van der Waals surface area contributed by atoms with Crippen LogP contribution in [0.4, 0.5) is 0 Å². The van der Waals surface area contributed by atoms with Crippen molar-refractivity contribution in [1.82, 2.24) is 10.2 Å². The summed E-state index contributed by atoms with van der Waals surface area (Å²) in [6.07, 6.45) is 2.38. The molecule has 0 aromatic heterocycles. The highest BCUT2D eigenvalue weighted by Crippen LogP contribution is 2.18. The van der Waals surface area contributed by atoms with E-state index in [4.69, 9.17) is 16.3 Å². The van der Waals surface area contributed by atoms with E-state index in [1.807, 2.05) is 38.1 Å². The second kappa shape index (κ2) is 7.95. The fourth-order valence-corrected chi connectivity index (χ4v) is 2.97. The van der Waals surface area contributed by atoms with Gasteiger partial charge in [-0.2, -0.15) is 0 Å². The summed E-state index contributed by atoms with van der Waals surface area (Å²) in [5.74, 6) is 0.0548. The molecule has 3 unspecified atom stereocenters. The summed E-state index contributed by atoms with van der Waals surface area (Å²) in [4.78, 5) is 14.7. The minimum atomic E-state index is -0.146. The van der Waals surface area contributed by atoms with Crippen molar-refractivity contribution in [3.05, 3.63) is 34.9 Å². The van der Waals surface area contributed by atoms with E-state index in [0.717, 1.165) is 31.5 Å². The predicted molar refractivity (Wildman–Crippen MR) is 89.1 cm³/mol. The third-order valence-corrected chi connectivity index (χ3v) is 4.65. The summed E-state index contributed by atoms with van der Waals surface area (Å²) >= 11 is 5.90. The van der Waals surface area contributed by atoms with Gasteiger partial charge >= 0.3 is 0 Å². The Bertz CT molecular complexity index is 492. The summed E-state index contributed by atoms with van der Waals surface area (Å²) in [6.45, 7) is 5.72. The van der Waals surface area contributed by atoms with Gasteiger partial charge in [-0.3, -0.25) is 9.69 Å². The Morgan fingerprint density at radius 1 is 1.36 bits per heavy atom. The zero-order valence-electron chi connectivity index (χ0n) is 13.5. The van der Waals surface area contributed by atoms with E-state index in [1.54, 1.807) is 7.11 Å². The van der Waals surface area contributed by atoms with Crippen LogP contribution in [0.15, 0.2) is 24.3 Å². The summed E-state index contributed by atoms with van der Waals surface area (Å²) in [7, 11) is 1.74. The van der Waals surface area contributed by atoms with Crippen molar-refractivity contribution in [1.29, 1.82) is 0 Å². The zero-order chi connectivity index (χ0) is 16.1. The molecule has 1 fully saturated rings. The first-order chi connectivity index (χ1) is 10.5. The van der Waals surface area contributed by atoms with Crippen LogP contribution in [0.2, 0.25) is 5.02 Å². The van der Waals surface area contributed by atoms with Crippen molar-refractivity contribution in [2.45, 2.75) is 44.9 Å². The number of likely N-dealkylation sites (tertiary alicyclic amines) is 1. The Morgan fingerprint density at radius 2 is 2.05 bits per heavy atom. The molecule has 1 aliphatic heterocycles. The average molecular weight is 325 g/mol. The van der Waals surface area contributed by atoms with Gasteiger partial charge in [-0.15, -0.1) is 0 Å². The second-order valence-corrected chi connectivity index (χ2v) is 6.39. The van der Waals surface area contributed by atoms with Gasteiger partial charge in [0.1, 0.15) is 0 Å². The highest BCUT2D eigenvalue weighted by Gasteiger charge is 2.27. The van der Waals surface area contributed by atoms with Crippen LogP contribution < -0.4 is 5.32 Å². The van der Waals surface area contributed by atoms with Crippen molar-refractivity contribution in [3.8, 4) is 0 Å². The van der Waals surface area contributed by atoms with Crippen LogP contribution in [-0.4, -0.2) is 43.2 Å². The van der Waals surface area contributed by atoms with Gasteiger partial charge in [-0.25, -0.2) is 0 Å². The SMILES string of the molecule is COC1CCCN(C(C)C(=O)NC(C)c2ccc(Cl)cc2)C1. The summed E-state index contributed by atoms with van der Waals surface area (Å²) in [5.41, 5.74) is 1.05. The molecule has 4 nitrogen and oxygen atoms in total. The summed E-state index contributed by atoms with van der Waals surface area (Å²) in [5, 5.41) is 3.78. The highest BCUT2D eigenvalue weighted by molar-refractivity contribution is 6.30. The van der Waals surface area contributed by atoms with Gasteiger partial charge in [0, 0.05) is 18.7 Å². The molecule has 1 N–H and O–H groups in total. The number of nitrogens with zero attached hydrogens (tertiary/aromatic N) is 1. The Balaban J connectivity index is 1.91. The largest absolute Gasteiger partial charge is 0.380 e.